The fourth-order valence-electron chi connectivity index (χ4n) is 4.01. The number of methoxy groups -OCH3 is 2. The van der Waals surface area contributed by atoms with Gasteiger partial charge in [-0.25, -0.2) is 4.79 Å². The number of anilines is 2. The number of aromatic nitrogens is 2. The molecule has 3 rings (SSSR count). The van der Waals surface area contributed by atoms with Gasteiger partial charge >= 0.3 is 12.1 Å². The minimum absolute atomic E-state index is 0.253. The number of nitrogens with one attached hydrogen (secondary N) is 2. The van der Waals surface area contributed by atoms with Gasteiger partial charge in [0.1, 0.15) is 22.8 Å². The SMILES string of the molecule is CCCCOc1nc(CNC)c(NC(=O)OC(C)(C)C)c(N(Cc2ccc(OC)cc2)Cc2ccc(OC)cc2)n1. The van der Waals surface area contributed by atoms with Gasteiger partial charge < -0.3 is 29.2 Å². The van der Waals surface area contributed by atoms with Crippen LogP contribution >= 0.6 is 0 Å². The topological polar surface area (TPSA) is 107 Å². The monoisotopic (exact) mass is 565 g/mol. The molecule has 2 N–H and O–H groups in total. The van der Waals surface area contributed by atoms with Crippen LogP contribution in [0, 0.1) is 0 Å². The summed E-state index contributed by atoms with van der Waals surface area (Å²) in [5, 5.41) is 6.09. The molecule has 0 aliphatic carbocycles. The van der Waals surface area contributed by atoms with Gasteiger partial charge in [0, 0.05) is 19.6 Å². The summed E-state index contributed by atoms with van der Waals surface area (Å²) < 4.78 is 22.3. The number of carbonyl (C=O) groups excluding carboxylic acids is 1. The molecule has 10 heteroatoms. The van der Waals surface area contributed by atoms with Gasteiger partial charge in [-0.05, 0) is 69.6 Å². The Morgan fingerprint density at radius 3 is 1.93 bits per heavy atom. The highest BCUT2D eigenvalue weighted by Crippen LogP contribution is 2.33. The normalized spacial score (nSPS) is 11.1. The lowest BCUT2D eigenvalue weighted by Gasteiger charge is -2.28. The maximum atomic E-state index is 13.0. The average Bonchev–Trinajstić information content (AvgIpc) is 2.94. The van der Waals surface area contributed by atoms with Crippen molar-refractivity contribution in [3.8, 4) is 17.5 Å². The van der Waals surface area contributed by atoms with Crippen LogP contribution in [0.5, 0.6) is 17.5 Å². The predicted molar refractivity (Wildman–Crippen MR) is 161 cm³/mol. The number of benzene rings is 2. The third-order valence-electron chi connectivity index (χ3n) is 6.01. The molecule has 1 amide bonds. The van der Waals surface area contributed by atoms with Crippen molar-refractivity contribution in [1.82, 2.24) is 15.3 Å². The van der Waals surface area contributed by atoms with Crippen molar-refractivity contribution in [2.24, 2.45) is 0 Å². The number of unbranched alkanes of at least 4 members (excludes halogenated alkanes) is 1. The molecular formula is C31H43N5O5. The van der Waals surface area contributed by atoms with E-state index < -0.39 is 11.7 Å². The molecule has 1 heterocycles. The first-order valence-corrected chi connectivity index (χ1v) is 13.8. The number of amides is 1. The van der Waals surface area contributed by atoms with Crippen molar-refractivity contribution in [1.29, 1.82) is 0 Å². The Morgan fingerprint density at radius 1 is 0.902 bits per heavy atom. The lowest BCUT2D eigenvalue weighted by Crippen LogP contribution is -2.30. The van der Waals surface area contributed by atoms with E-state index in [-0.39, 0.29) is 6.01 Å². The highest BCUT2D eigenvalue weighted by atomic mass is 16.6. The van der Waals surface area contributed by atoms with Gasteiger partial charge in [-0.1, -0.05) is 37.6 Å². The molecular weight excluding hydrogens is 522 g/mol. The van der Waals surface area contributed by atoms with E-state index in [1.54, 1.807) is 14.2 Å². The van der Waals surface area contributed by atoms with Crippen LogP contribution in [-0.4, -0.2) is 49.5 Å². The quantitative estimate of drug-likeness (QED) is 0.229. The van der Waals surface area contributed by atoms with E-state index in [4.69, 9.17) is 23.9 Å². The van der Waals surface area contributed by atoms with Crippen molar-refractivity contribution in [2.75, 3.05) is 38.1 Å². The number of hydrogen-bond donors (Lipinski definition) is 2. The van der Waals surface area contributed by atoms with E-state index in [2.05, 4.69) is 27.4 Å². The maximum absolute atomic E-state index is 13.0. The molecule has 0 unspecified atom stereocenters. The number of hydrogen-bond acceptors (Lipinski definition) is 9. The first kappa shape index (κ1) is 31.5. The smallest absolute Gasteiger partial charge is 0.412 e. The summed E-state index contributed by atoms with van der Waals surface area (Å²) in [4.78, 5) is 24.6. The lowest BCUT2D eigenvalue weighted by atomic mass is 10.1. The van der Waals surface area contributed by atoms with Crippen LogP contribution < -0.4 is 29.7 Å². The van der Waals surface area contributed by atoms with E-state index in [9.17, 15) is 4.79 Å². The molecule has 1 aromatic heterocycles. The Hall–Kier alpha value is -4.05. The number of carbonyl (C=O) groups is 1. The van der Waals surface area contributed by atoms with E-state index in [1.165, 1.54) is 0 Å². The standard InChI is InChI=1S/C31H43N5O5/c1-8-9-18-40-29-33-26(19-32-5)27(34-30(37)41-31(2,3)4)28(35-29)36(20-22-10-14-24(38-6)15-11-22)21-23-12-16-25(39-7)17-13-23/h10-17,32H,8-9,18-21H2,1-7H3,(H,34,37). The van der Waals surface area contributed by atoms with Gasteiger partial charge in [0.15, 0.2) is 5.82 Å². The average molecular weight is 566 g/mol. The molecule has 3 aromatic rings. The summed E-state index contributed by atoms with van der Waals surface area (Å²) in [6.45, 7) is 9.41. The van der Waals surface area contributed by atoms with Crippen LogP contribution in [0.3, 0.4) is 0 Å². The molecule has 10 nitrogen and oxygen atoms in total. The maximum Gasteiger partial charge on any atom is 0.412 e. The number of rotatable bonds is 14. The van der Waals surface area contributed by atoms with Gasteiger partial charge in [0.25, 0.3) is 0 Å². The molecule has 0 spiro atoms. The predicted octanol–water partition coefficient (Wildman–Crippen LogP) is 5.95. The van der Waals surface area contributed by atoms with Crippen LogP contribution in [0.15, 0.2) is 48.5 Å². The van der Waals surface area contributed by atoms with Gasteiger partial charge in [-0.2, -0.15) is 9.97 Å². The highest BCUT2D eigenvalue weighted by molar-refractivity contribution is 5.90. The van der Waals surface area contributed by atoms with Gasteiger partial charge in [0.05, 0.1) is 26.5 Å². The minimum Gasteiger partial charge on any atom is -0.497 e. The van der Waals surface area contributed by atoms with Gasteiger partial charge in [0.2, 0.25) is 0 Å². The fourth-order valence-corrected chi connectivity index (χ4v) is 4.01. The molecule has 0 bridgehead atoms. The van der Waals surface area contributed by atoms with E-state index in [0.717, 1.165) is 35.5 Å². The summed E-state index contributed by atoms with van der Waals surface area (Å²) in [7, 11) is 5.11. The molecule has 41 heavy (non-hydrogen) atoms. The third-order valence-corrected chi connectivity index (χ3v) is 6.01. The summed E-state index contributed by atoms with van der Waals surface area (Å²) in [6.07, 6.45) is 1.27. The van der Waals surface area contributed by atoms with Crippen molar-refractivity contribution < 1.29 is 23.7 Å². The van der Waals surface area contributed by atoms with Crippen LogP contribution in [0.1, 0.15) is 57.4 Å². The number of ether oxygens (including phenoxy) is 4. The van der Waals surface area contributed by atoms with Crippen LogP contribution in [0.25, 0.3) is 0 Å². The van der Waals surface area contributed by atoms with Crippen molar-refractivity contribution in [2.45, 2.75) is 65.8 Å². The Labute approximate surface area is 243 Å². The second-order valence-electron chi connectivity index (χ2n) is 10.6. The largest absolute Gasteiger partial charge is 0.497 e. The summed E-state index contributed by atoms with van der Waals surface area (Å²) >= 11 is 0. The van der Waals surface area contributed by atoms with E-state index in [1.807, 2.05) is 76.3 Å². The molecule has 2 aromatic carbocycles. The van der Waals surface area contributed by atoms with Crippen molar-refractivity contribution >= 4 is 17.6 Å². The first-order chi connectivity index (χ1) is 19.6. The molecule has 0 radical (unpaired) electrons. The second-order valence-corrected chi connectivity index (χ2v) is 10.6. The molecule has 0 saturated heterocycles. The number of nitrogens with zero attached hydrogens (tertiary/aromatic N) is 3. The van der Waals surface area contributed by atoms with Crippen molar-refractivity contribution in [3.63, 3.8) is 0 Å². The second kappa shape index (κ2) is 15.1. The highest BCUT2D eigenvalue weighted by Gasteiger charge is 2.25. The third kappa shape index (κ3) is 9.82. The molecule has 0 aliphatic heterocycles. The molecule has 222 valence electrons. The van der Waals surface area contributed by atoms with Crippen molar-refractivity contribution in [3.05, 3.63) is 65.4 Å². The summed E-state index contributed by atoms with van der Waals surface area (Å²) in [5.74, 6) is 2.06. The van der Waals surface area contributed by atoms with Crippen LogP contribution in [0.4, 0.5) is 16.3 Å². The molecule has 0 saturated carbocycles. The Morgan fingerprint density at radius 2 is 1.46 bits per heavy atom. The summed E-state index contributed by atoms with van der Waals surface area (Å²) in [5.41, 5.74) is 2.43. The Balaban J connectivity index is 2.13. The summed E-state index contributed by atoms with van der Waals surface area (Å²) in [6, 6.07) is 16.0. The Kier molecular flexibility index (Phi) is 11.6. The minimum atomic E-state index is -0.677. The Bertz CT molecular complexity index is 1190. The fraction of sp³-hybridized carbons (Fsp3) is 0.452. The molecule has 0 fully saturated rings. The van der Waals surface area contributed by atoms with E-state index in [0.29, 0.717) is 43.4 Å². The molecule has 0 atom stereocenters. The zero-order valence-corrected chi connectivity index (χ0v) is 25.2. The lowest BCUT2D eigenvalue weighted by molar-refractivity contribution is 0.0635. The zero-order valence-electron chi connectivity index (χ0n) is 25.2. The van der Waals surface area contributed by atoms with Crippen LogP contribution in [-0.2, 0) is 24.4 Å². The van der Waals surface area contributed by atoms with Gasteiger partial charge in [-0.3, -0.25) is 5.32 Å². The van der Waals surface area contributed by atoms with Gasteiger partial charge in [-0.15, -0.1) is 0 Å². The van der Waals surface area contributed by atoms with E-state index >= 15 is 0 Å². The first-order valence-electron chi connectivity index (χ1n) is 13.8. The molecule has 0 aliphatic rings. The van der Waals surface area contributed by atoms with Crippen LogP contribution in [0.2, 0.25) is 0 Å². The zero-order chi connectivity index (χ0) is 29.8.